The molecule has 1 aliphatic heterocycles. The lowest BCUT2D eigenvalue weighted by atomic mass is 10.1. The molecule has 1 N–H and O–H groups in total. The molecule has 2 heterocycles. The van der Waals surface area contributed by atoms with E-state index in [9.17, 15) is 0 Å². The number of aryl methyl sites for hydroxylation is 3. The molecule has 5 heteroatoms. The largest absolute Gasteiger partial charge is 0.341 e. The number of anilines is 3. The molecule has 1 aromatic heterocycles. The first kappa shape index (κ1) is 16.1. The first-order valence-electron chi connectivity index (χ1n) is 8.17. The highest BCUT2D eigenvalue weighted by atomic mass is 35.5. The second-order valence-corrected chi connectivity index (χ2v) is 6.71. The van der Waals surface area contributed by atoms with Crippen molar-refractivity contribution in [1.29, 1.82) is 0 Å². The van der Waals surface area contributed by atoms with E-state index in [4.69, 9.17) is 16.6 Å². The van der Waals surface area contributed by atoms with E-state index in [-0.39, 0.29) is 0 Å². The quantitative estimate of drug-likeness (QED) is 0.878. The van der Waals surface area contributed by atoms with Gasteiger partial charge in [0, 0.05) is 24.8 Å². The number of piperidine rings is 1. The summed E-state index contributed by atoms with van der Waals surface area (Å²) in [5.74, 6) is 1.61. The topological polar surface area (TPSA) is 41.1 Å². The lowest BCUT2D eigenvalue weighted by molar-refractivity contribution is 0.568. The zero-order valence-electron chi connectivity index (χ0n) is 14.0. The first-order valence-corrected chi connectivity index (χ1v) is 8.55. The summed E-state index contributed by atoms with van der Waals surface area (Å²) < 4.78 is 0. The van der Waals surface area contributed by atoms with Crippen molar-refractivity contribution in [3.8, 4) is 0 Å². The molecule has 3 rings (SSSR count). The first-order chi connectivity index (χ1) is 11.0. The van der Waals surface area contributed by atoms with Crippen molar-refractivity contribution in [2.45, 2.75) is 40.0 Å². The molecule has 0 saturated carbocycles. The standard InChI is InChI=1S/C18H23ClN4/c1-12-9-13(2)17(15(19)10-12)21-16-11-14(3)20-18(22-16)23-7-5-4-6-8-23/h9-11H,4-8H2,1-3H3,(H,20,21,22). The molecule has 0 aliphatic carbocycles. The van der Waals surface area contributed by atoms with Gasteiger partial charge in [0.1, 0.15) is 5.82 Å². The third kappa shape index (κ3) is 3.75. The Balaban J connectivity index is 1.90. The van der Waals surface area contributed by atoms with E-state index in [0.29, 0.717) is 0 Å². The minimum Gasteiger partial charge on any atom is -0.341 e. The van der Waals surface area contributed by atoms with E-state index in [1.807, 2.05) is 26.0 Å². The summed E-state index contributed by atoms with van der Waals surface area (Å²) in [5, 5.41) is 4.10. The van der Waals surface area contributed by atoms with Gasteiger partial charge < -0.3 is 10.2 Å². The van der Waals surface area contributed by atoms with Crippen LogP contribution in [0.3, 0.4) is 0 Å². The van der Waals surface area contributed by atoms with Crippen LogP contribution < -0.4 is 10.2 Å². The Morgan fingerprint density at radius 1 is 1.00 bits per heavy atom. The molecule has 0 atom stereocenters. The highest BCUT2D eigenvalue weighted by Gasteiger charge is 2.15. The van der Waals surface area contributed by atoms with E-state index in [1.54, 1.807) is 0 Å². The lowest BCUT2D eigenvalue weighted by Gasteiger charge is -2.27. The van der Waals surface area contributed by atoms with Crippen molar-refractivity contribution in [2.75, 3.05) is 23.3 Å². The van der Waals surface area contributed by atoms with E-state index in [0.717, 1.165) is 52.4 Å². The number of nitrogens with one attached hydrogen (secondary N) is 1. The average Bonchev–Trinajstić information content (AvgIpc) is 2.51. The smallest absolute Gasteiger partial charge is 0.227 e. The minimum atomic E-state index is 0.721. The van der Waals surface area contributed by atoms with Crippen LogP contribution in [-0.2, 0) is 0 Å². The van der Waals surface area contributed by atoms with E-state index in [1.165, 1.54) is 19.3 Å². The zero-order valence-corrected chi connectivity index (χ0v) is 14.7. The van der Waals surface area contributed by atoms with Gasteiger partial charge in [-0.3, -0.25) is 0 Å². The molecule has 122 valence electrons. The Bertz CT molecular complexity index is 685. The Hall–Kier alpha value is -1.81. The van der Waals surface area contributed by atoms with Crippen molar-refractivity contribution in [3.63, 3.8) is 0 Å². The average molecular weight is 331 g/mol. The molecule has 0 radical (unpaired) electrons. The van der Waals surface area contributed by atoms with Gasteiger partial charge in [0.15, 0.2) is 0 Å². The predicted octanol–water partition coefficient (Wildman–Crippen LogP) is 4.79. The monoisotopic (exact) mass is 330 g/mol. The normalized spacial score (nSPS) is 14.9. The number of halogens is 1. The van der Waals surface area contributed by atoms with Gasteiger partial charge in [0.25, 0.3) is 0 Å². The molecule has 0 unspecified atom stereocenters. The van der Waals surface area contributed by atoms with Gasteiger partial charge in [-0.15, -0.1) is 0 Å². The van der Waals surface area contributed by atoms with Gasteiger partial charge in [-0.25, -0.2) is 4.98 Å². The Labute approximate surface area is 142 Å². The molecule has 1 aromatic carbocycles. The molecular formula is C18H23ClN4. The van der Waals surface area contributed by atoms with Crippen LogP contribution in [0, 0.1) is 20.8 Å². The summed E-state index contributed by atoms with van der Waals surface area (Å²) in [6.45, 7) is 8.18. The minimum absolute atomic E-state index is 0.721. The van der Waals surface area contributed by atoms with Crippen molar-refractivity contribution >= 4 is 29.1 Å². The highest BCUT2D eigenvalue weighted by molar-refractivity contribution is 6.33. The summed E-state index contributed by atoms with van der Waals surface area (Å²) in [6.07, 6.45) is 3.72. The van der Waals surface area contributed by atoms with Gasteiger partial charge in [-0.1, -0.05) is 17.7 Å². The van der Waals surface area contributed by atoms with Gasteiger partial charge in [-0.2, -0.15) is 4.98 Å². The number of rotatable bonds is 3. The Morgan fingerprint density at radius 3 is 2.43 bits per heavy atom. The van der Waals surface area contributed by atoms with Crippen LogP contribution in [0.4, 0.5) is 17.5 Å². The van der Waals surface area contributed by atoms with Crippen LogP contribution in [0.5, 0.6) is 0 Å². The molecule has 23 heavy (non-hydrogen) atoms. The second-order valence-electron chi connectivity index (χ2n) is 6.31. The molecule has 4 nitrogen and oxygen atoms in total. The van der Waals surface area contributed by atoms with E-state index in [2.05, 4.69) is 28.2 Å². The number of hydrogen-bond donors (Lipinski definition) is 1. The fourth-order valence-corrected chi connectivity index (χ4v) is 3.42. The van der Waals surface area contributed by atoms with Crippen molar-refractivity contribution in [3.05, 3.63) is 40.0 Å². The van der Waals surface area contributed by atoms with Gasteiger partial charge in [0.2, 0.25) is 5.95 Å². The van der Waals surface area contributed by atoms with E-state index >= 15 is 0 Å². The molecule has 1 aliphatic rings. The summed E-state index contributed by atoms with van der Waals surface area (Å²) >= 11 is 6.40. The number of hydrogen-bond acceptors (Lipinski definition) is 4. The van der Waals surface area contributed by atoms with Crippen molar-refractivity contribution in [1.82, 2.24) is 9.97 Å². The molecule has 2 aromatic rings. The molecule has 0 spiro atoms. The van der Waals surface area contributed by atoms with Crippen LogP contribution in [-0.4, -0.2) is 23.1 Å². The fourth-order valence-electron chi connectivity index (χ4n) is 3.05. The summed E-state index contributed by atoms with van der Waals surface area (Å²) in [7, 11) is 0. The van der Waals surface area contributed by atoms with Crippen LogP contribution in [0.1, 0.15) is 36.1 Å². The Kier molecular flexibility index (Phi) is 4.71. The lowest BCUT2D eigenvalue weighted by Crippen LogP contribution is -2.31. The number of benzene rings is 1. The fraction of sp³-hybridized carbons (Fsp3) is 0.444. The van der Waals surface area contributed by atoms with E-state index < -0.39 is 0 Å². The Morgan fingerprint density at radius 2 is 1.74 bits per heavy atom. The third-order valence-corrected chi connectivity index (χ3v) is 4.46. The summed E-state index contributed by atoms with van der Waals surface area (Å²) in [6, 6.07) is 6.05. The molecule has 1 fully saturated rings. The highest BCUT2D eigenvalue weighted by Crippen LogP contribution is 2.30. The predicted molar refractivity (Wildman–Crippen MR) is 97.0 cm³/mol. The maximum absolute atomic E-state index is 6.40. The van der Waals surface area contributed by atoms with Gasteiger partial charge in [-0.05, 0) is 57.2 Å². The van der Waals surface area contributed by atoms with Crippen LogP contribution in [0.15, 0.2) is 18.2 Å². The van der Waals surface area contributed by atoms with Gasteiger partial charge in [0.05, 0.1) is 10.7 Å². The molecule has 1 saturated heterocycles. The van der Waals surface area contributed by atoms with Crippen molar-refractivity contribution in [2.24, 2.45) is 0 Å². The molecule has 0 amide bonds. The number of aromatic nitrogens is 2. The van der Waals surface area contributed by atoms with Crippen LogP contribution in [0.25, 0.3) is 0 Å². The number of nitrogens with zero attached hydrogens (tertiary/aromatic N) is 3. The van der Waals surface area contributed by atoms with Crippen LogP contribution >= 0.6 is 11.6 Å². The third-order valence-electron chi connectivity index (χ3n) is 4.17. The zero-order chi connectivity index (χ0) is 16.4. The maximum Gasteiger partial charge on any atom is 0.227 e. The molecular weight excluding hydrogens is 308 g/mol. The molecule has 0 bridgehead atoms. The SMILES string of the molecule is Cc1cc(C)c(Nc2cc(C)nc(N3CCCCC3)n2)c(Cl)c1. The van der Waals surface area contributed by atoms with Gasteiger partial charge >= 0.3 is 0 Å². The maximum atomic E-state index is 6.40. The summed E-state index contributed by atoms with van der Waals surface area (Å²) in [4.78, 5) is 11.6. The van der Waals surface area contributed by atoms with Crippen molar-refractivity contribution < 1.29 is 0 Å². The second kappa shape index (κ2) is 6.75. The summed E-state index contributed by atoms with van der Waals surface area (Å²) in [5.41, 5.74) is 4.15. The van der Waals surface area contributed by atoms with Crippen LogP contribution in [0.2, 0.25) is 5.02 Å².